The number of hydrogen-bond acceptors (Lipinski definition) is 6. The molecule has 2 bridgehead atoms. The van der Waals surface area contributed by atoms with Crippen LogP contribution >= 0.6 is 0 Å². The number of pyridine rings is 1. The molecule has 2 aromatic rings. The molecule has 0 radical (unpaired) electrons. The molecule has 3 aliphatic heterocycles. The zero-order valence-corrected chi connectivity index (χ0v) is 23.6. The number of para-hydroxylation sites is 1. The van der Waals surface area contributed by atoms with Crippen LogP contribution in [-0.2, 0) is 10.0 Å². The number of aromatic nitrogens is 1. The molecule has 38 heavy (non-hydrogen) atoms. The van der Waals surface area contributed by atoms with E-state index < -0.39 is 10.0 Å². The number of sulfonamides is 1. The van der Waals surface area contributed by atoms with Crippen LogP contribution in [-0.4, -0.2) is 96.6 Å². The lowest BCUT2D eigenvalue weighted by molar-refractivity contribution is 0.0844. The van der Waals surface area contributed by atoms with Gasteiger partial charge in [0.1, 0.15) is 5.56 Å². The molecule has 0 saturated carbocycles. The third-order valence-electron chi connectivity index (χ3n) is 8.60. The molecular weight excluding hydrogens is 502 g/mol. The average Bonchev–Trinajstić information content (AvgIpc) is 3.11. The number of benzene rings is 1. The average molecular weight is 544 g/mol. The Kier molecular flexibility index (Phi) is 7.96. The minimum Gasteiger partial charge on any atom is -0.349 e. The first-order valence-electron chi connectivity index (χ1n) is 14.0. The number of nitrogens with zero attached hydrogens (tertiary/aromatic N) is 4. The number of fused-ring (bicyclic) bond motifs is 3. The highest BCUT2D eigenvalue weighted by molar-refractivity contribution is 7.89. The molecule has 3 fully saturated rings. The SMILES string of the molecule is CC(C)n1c(=O)c(C(=O)NC2C[C@H]3CC[C@@H](C2)N3CCCS(=O)(=O)N2CCN(C)CC2)cc2ccccc21. The van der Waals surface area contributed by atoms with E-state index in [9.17, 15) is 18.0 Å². The van der Waals surface area contributed by atoms with Crippen LogP contribution in [0, 0.1) is 0 Å². The number of nitrogens with one attached hydrogen (secondary N) is 1. The first-order valence-corrected chi connectivity index (χ1v) is 15.6. The molecule has 4 heterocycles. The van der Waals surface area contributed by atoms with Crippen molar-refractivity contribution in [3.05, 3.63) is 46.2 Å². The minimum absolute atomic E-state index is 0.0173. The van der Waals surface area contributed by atoms with Gasteiger partial charge in [0.25, 0.3) is 11.5 Å². The van der Waals surface area contributed by atoms with Gasteiger partial charge in [-0.2, -0.15) is 4.31 Å². The van der Waals surface area contributed by atoms with Crippen molar-refractivity contribution >= 4 is 26.8 Å². The number of hydrogen-bond donors (Lipinski definition) is 1. The fraction of sp³-hybridized carbons (Fsp3) is 0.643. The number of piperazine rings is 1. The zero-order chi connectivity index (χ0) is 27.0. The Balaban J connectivity index is 1.19. The van der Waals surface area contributed by atoms with E-state index in [1.807, 2.05) is 45.2 Å². The Morgan fingerprint density at radius 2 is 1.71 bits per heavy atom. The highest BCUT2D eigenvalue weighted by atomic mass is 32.2. The number of carbonyl (C=O) groups is 1. The lowest BCUT2D eigenvalue weighted by Crippen LogP contribution is -2.51. The maximum absolute atomic E-state index is 13.3. The van der Waals surface area contributed by atoms with E-state index >= 15 is 0 Å². The Hall–Kier alpha value is -2.27. The number of piperidine rings is 1. The van der Waals surface area contributed by atoms with Gasteiger partial charge in [-0.05, 0) is 77.1 Å². The van der Waals surface area contributed by atoms with E-state index in [0.717, 1.165) is 56.2 Å². The zero-order valence-electron chi connectivity index (χ0n) is 22.8. The van der Waals surface area contributed by atoms with E-state index in [1.54, 1.807) is 14.9 Å². The third-order valence-corrected chi connectivity index (χ3v) is 10.6. The van der Waals surface area contributed by atoms with E-state index in [4.69, 9.17) is 0 Å². The Labute approximate surface area is 225 Å². The van der Waals surface area contributed by atoms with E-state index in [1.165, 1.54) is 0 Å². The van der Waals surface area contributed by atoms with Crippen LogP contribution in [0.4, 0.5) is 0 Å². The van der Waals surface area contributed by atoms with Gasteiger partial charge in [-0.15, -0.1) is 0 Å². The first kappa shape index (κ1) is 27.3. The van der Waals surface area contributed by atoms with Crippen LogP contribution in [0.1, 0.15) is 62.4 Å². The lowest BCUT2D eigenvalue weighted by Gasteiger charge is -2.39. The summed E-state index contributed by atoms with van der Waals surface area (Å²) in [5.74, 6) is -0.108. The van der Waals surface area contributed by atoms with Crippen LogP contribution in [0.15, 0.2) is 35.1 Å². The normalized spacial score (nSPS) is 25.3. The lowest BCUT2D eigenvalue weighted by atomic mass is 9.96. The molecule has 3 aliphatic rings. The fourth-order valence-corrected chi connectivity index (χ4v) is 8.08. The van der Waals surface area contributed by atoms with Gasteiger partial charge in [0.05, 0.1) is 11.3 Å². The van der Waals surface area contributed by atoms with Gasteiger partial charge in [0.2, 0.25) is 10.0 Å². The molecule has 10 heteroatoms. The molecule has 1 N–H and O–H groups in total. The van der Waals surface area contributed by atoms with Crippen LogP contribution < -0.4 is 10.9 Å². The smallest absolute Gasteiger partial charge is 0.264 e. The molecule has 208 valence electrons. The van der Waals surface area contributed by atoms with Gasteiger partial charge >= 0.3 is 0 Å². The third kappa shape index (κ3) is 5.54. The number of amides is 1. The van der Waals surface area contributed by atoms with Gasteiger partial charge in [0, 0.05) is 50.3 Å². The van der Waals surface area contributed by atoms with E-state index in [0.29, 0.717) is 31.6 Å². The van der Waals surface area contributed by atoms with E-state index in [2.05, 4.69) is 15.1 Å². The second-order valence-corrected chi connectivity index (χ2v) is 13.6. The topological polar surface area (TPSA) is 95.0 Å². The van der Waals surface area contributed by atoms with Crippen LogP contribution in [0.2, 0.25) is 0 Å². The highest BCUT2D eigenvalue weighted by Crippen LogP contribution is 2.36. The monoisotopic (exact) mass is 543 g/mol. The first-order chi connectivity index (χ1) is 18.1. The standard InChI is InChI=1S/C28H41N5O4S/c1-20(2)33-26-8-5-4-7-21(26)17-25(28(33)35)27(34)29-22-18-23-9-10-24(19-22)32(23)11-6-16-38(36,37)31-14-12-30(3)13-15-31/h4-5,7-8,17,20,22-24H,6,9-16,18-19H2,1-3H3,(H,29,34)/t22?,23-,24+. The summed E-state index contributed by atoms with van der Waals surface area (Å²) in [6.07, 6.45) is 4.43. The van der Waals surface area contributed by atoms with Crippen molar-refractivity contribution in [2.45, 2.75) is 70.1 Å². The minimum atomic E-state index is -3.22. The summed E-state index contributed by atoms with van der Waals surface area (Å²) in [6.45, 7) is 7.41. The number of likely N-dealkylation sites (N-methyl/N-ethyl adjacent to an activating group) is 1. The summed E-state index contributed by atoms with van der Waals surface area (Å²) >= 11 is 0. The molecule has 3 atom stereocenters. The molecule has 3 saturated heterocycles. The Morgan fingerprint density at radius 1 is 1.05 bits per heavy atom. The van der Waals surface area contributed by atoms with Gasteiger partial charge in [-0.25, -0.2) is 8.42 Å². The summed E-state index contributed by atoms with van der Waals surface area (Å²) < 4.78 is 29.0. The van der Waals surface area contributed by atoms with Crippen molar-refractivity contribution in [1.29, 1.82) is 0 Å². The van der Waals surface area contributed by atoms with E-state index in [-0.39, 0.29) is 34.9 Å². The molecule has 1 unspecified atom stereocenters. The predicted molar refractivity (Wildman–Crippen MR) is 150 cm³/mol. The molecule has 1 aromatic carbocycles. The van der Waals surface area contributed by atoms with Crippen molar-refractivity contribution in [3.63, 3.8) is 0 Å². The quantitative estimate of drug-likeness (QED) is 0.549. The molecule has 0 spiro atoms. The highest BCUT2D eigenvalue weighted by Gasteiger charge is 2.41. The molecule has 1 aromatic heterocycles. The van der Waals surface area contributed by atoms with Gasteiger partial charge in [-0.3, -0.25) is 14.5 Å². The van der Waals surface area contributed by atoms with Gasteiger partial charge < -0.3 is 14.8 Å². The largest absolute Gasteiger partial charge is 0.349 e. The fourth-order valence-electron chi connectivity index (χ4n) is 6.61. The summed E-state index contributed by atoms with van der Waals surface area (Å²) in [5.41, 5.74) is 0.782. The van der Waals surface area contributed by atoms with Crippen molar-refractivity contribution in [3.8, 4) is 0 Å². The molecular formula is C28H41N5O4S. The second kappa shape index (κ2) is 11.1. The summed E-state index contributed by atoms with van der Waals surface area (Å²) in [4.78, 5) is 31.2. The summed E-state index contributed by atoms with van der Waals surface area (Å²) in [6, 6.07) is 10.0. The molecule has 1 amide bonds. The number of rotatable bonds is 8. The second-order valence-electron chi connectivity index (χ2n) is 11.5. The Bertz CT molecular complexity index is 1320. The van der Waals surface area contributed by atoms with Crippen molar-refractivity contribution in [2.24, 2.45) is 0 Å². The molecule has 5 rings (SSSR count). The maximum Gasteiger partial charge on any atom is 0.264 e. The van der Waals surface area contributed by atoms with Gasteiger partial charge in [-0.1, -0.05) is 18.2 Å². The number of carbonyl (C=O) groups excluding carboxylic acids is 1. The van der Waals surface area contributed by atoms with Crippen LogP contribution in [0.3, 0.4) is 0 Å². The summed E-state index contributed by atoms with van der Waals surface area (Å²) in [5, 5.41) is 4.05. The Morgan fingerprint density at radius 3 is 2.37 bits per heavy atom. The van der Waals surface area contributed by atoms with Crippen LogP contribution in [0.5, 0.6) is 0 Å². The van der Waals surface area contributed by atoms with Gasteiger partial charge in [0.15, 0.2) is 0 Å². The predicted octanol–water partition coefficient (Wildman–Crippen LogP) is 2.27. The van der Waals surface area contributed by atoms with Crippen molar-refractivity contribution < 1.29 is 13.2 Å². The maximum atomic E-state index is 13.3. The van der Waals surface area contributed by atoms with Crippen molar-refractivity contribution in [1.82, 2.24) is 24.0 Å². The molecule has 9 nitrogen and oxygen atoms in total. The van der Waals surface area contributed by atoms with Crippen LogP contribution in [0.25, 0.3) is 10.9 Å². The molecule has 0 aliphatic carbocycles. The van der Waals surface area contributed by atoms with Crippen molar-refractivity contribution in [2.75, 3.05) is 45.5 Å². The summed E-state index contributed by atoms with van der Waals surface area (Å²) in [7, 11) is -1.19.